The molecule has 0 radical (unpaired) electrons. The van der Waals surface area contributed by atoms with E-state index in [9.17, 15) is 4.79 Å². The lowest BCUT2D eigenvalue weighted by Crippen LogP contribution is -2.20. The Morgan fingerprint density at radius 3 is 2.70 bits per heavy atom. The van der Waals surface area contributed by atoms with Crippen molar-refractivity contribution in [2.24, 2.45) is 5.10 Å². The van der Waals surface area contributed by atoms with E-state index in [4.69, 9.17) is 23.2 Å². The minimum atomic E-state index is -0.237. The molecule has 1 N–H and O–H groups in total. The van der Waals surface area contributed by atoms with Gasteiger partial charge in [0.05, 0.1) is 41.1 Å². The number of rotatable bonds is 6. The third-order valence-corrected chi connectivity index (χ3v) is 5.22. The average Bonchev–Trinajstić information content (AvgIpc) is 3.14. The second-order valence-electron chi connectivity index (χ2n) is 5.90. The van der Waals surface area contributed by atoms with Gasteiger partial charge in [0.2, 0.25) is 5.91 Å². The van der Waals surface area contributed by atoms with Gasteiger partial charge in [-0.15, -0.1) is 11.3 Å². The Balaban J connectivity index is 1.64. The molecular weight excluding hydrogens is 405 g/mol. The topological polar surface area (TPSA) is 72.2 Å². The summed E-state index contributed by atoms with van der Waals surface area (Å²) in [5.74, 6) is -0.237. The zero-order valence-corrected chi connectivity index (χ0v) is 17.1. The molecule has 140 valence electrons. The number of amides is 1. The van der Waals surface area contributed by atoms with E-state index in [0.29, 0.717) is 22.3 Å². The van der Waals surface area contributed by atoms with Crippen molar-refractivity contribution in [3.63, 3.8) is 0 Å². The van der Waals surface area contributed by atoms with Crippen LogP contribution in [0.2, 0.25) is 10.2 Å². The van der Waals surface area contributed by atoms with Crippen molar-refractivity contribution in [3.05, 3.63) is 67.3 Å². The molecule has 27 heavy (non-hydrogen) atoms. The molecule has 0 aliphatic rings. The third kappa shape index (κ3) is 5.15. The Kier molecular flexibility index (Phi) is 6.26. The van der Waals surface area contributed by atoms with E-state index < -0.39 is 0 Å². The molecule has 3 rings (SSSR count). The number of benzene rings is 1. The van der Waals surface area contributed by atoms with Crippen LogP contribution in [0.4, 0.5) is 0 Å². The molecule has 1 aromatic carbocycles. The van der Waals surface area contributed by atoms with Gasteiger partial charge in [-0.05, 0) is 31.5 Å². The van der Waals surface area contributed by atoms with Crippen LogP contribution in [0.25, 0.3) is 0 Å². The van der Waals surface area contributed by atoms with Crippen molar-refractivity contribution in [1.29, 1.82) is 0 Å². The van der Waals surface area contributed by atoms with E-state index in [1.54, 1.807) is 4.68 Å². The van der Waals surface area contributed by atoms with Gasteiger partial charge in [-0.3, -0.25) is 4.79 Å². The summed E-state index contributed by atoms with van der Waals surface area (Å²) >= 11 is 13.8. The summed E-state index contributed by atoms with van der Waals surface area (Å²) < 4.78 is 1.68. The van der Waals surface area contributed by atoms with Crippen molar-refractivity contribution in [2.45, 2.75) is 26.8 Å². The van der Waals surface area contributed by atoms with Gasteiger partial charge in [0.25, 0.3) is 0 Å². The number of nitrogens with zero attached hydrogens (tertiary/aromatic N) is 4. The minimum Gasteiger partial charge on any atom is -0.273 e. The van der Waals surface area contributed by atoms with Gasteiger partial charge in [0.15, 0.2) is 0 Å². The second kappa shape index (κ2) is 8.65. The Labute approximate surface area is 170 Å². The summed E-state index contributed by atoms with van der Waals surface area (Å²) in [7, 11) is 0. The second-order valence-corrected chi connectivity index (χ2v) is 7.76. The Morgan fingerprint density at radius 1 is 1.30 bits per heavy atom. The summed E-state index contributed by atoms with van der Waals surface area (Å²) in [5.41, 5.74) is 5.64. The molecule has 0 saturated carbocycles. The van der Waals surface area contributed by atoms with Gasteiger partial charge in [0.1, 0.15) is 5.15 Å². The number of aromatic nitrogens is 3. The van der Waals surface area contributed by atoms with E-state index in [2.05, 4.69) is 20.6 Å². The minimum absolute atomic E-state index is 0.185. The van der Waals surface area contributed by atoms with Crippen molar-refractivity contribution < 1.29 is 4.79 Å². The Bertz CT molecular complexity index is 978. The van der Waals surface area contributed by atoms with Crippen LogP contribution in [-0.2, 0) is 17.8 Å². The summed E-state index contributed by atoms with van der Waals surface area (Å²) in [5, 5.41) is 12.4. The number of hydrogen-bond acceptors (Lipinski definition) is 5. The number of hydrazone groups is 1. The molecule has 0 unspecified atom stereocenters. The fourth-order valence-electron chi connectivity index (χ4n) is 2.44. The Hall–Kier alpha value is -2.22. The molecule has 0 spiro atoms. The normalized spacial score (nSPS) is 11.3. The van der Waals surface area contributed by atoms with Gasteiger partial charge in [-0.2, -0.15) is 10.2 Å². The number of carbonyl (C=O) groups excluding carboxylic acids is 1. The smallest absolute Gasteiger partial charge is 0.246 e. The van der Waals surface area contributed by atoms with E-state index in [0.717, 1.165) is 22.0 Å². The number of carbonyl (C=O) groups is 1. The van der Waals surface area contributed by atoms with Crippen LogP contribution in [0.15, 0.2) is 34.7 Å². The predicted octanol–water partition coefficient (Wildman–Crippen LogP) is 4.00. The molecule has 2 aromatic heterocycles. The van der Waals surface area contributed by atoms with Crippen LogP contribution < -0.4 is 5.43 Å². The summed E-state index contributed by atoms with van der Waals surface area (Å²) in [4.78, 5) is 16.2. The predicted molar refractivity (Wildman–Crippen MR) is 109 cm³/mol. The zero-order chi connectivity index (χ0) is 19.4. The summed E-state index contributed by atoms with van der Waals surface area (Å²) in [6.07, 6.45) is 1.69. The largest absolute Gasteiger partial charge is 0.273 e. The van der Waals surface area contributed by atoms with Crippen LogP contribution in [0.1, 0.15) is 27.5 Å². The quantitative estimate of drug-likeness (QED) is 0.482. The molecule has 6 nitrogen and oxygen atoms in total. The van der Waals surface area contributed by atoms with Crippen LogP contribution in [0.3, 0.4) is 0 Å². The first-order valence-electron chi connectivity index (χ1n) is 8.12. The first-order valence-corrected chi connectivity index (χ1v) is 9.76. The standard InChI is InChI=1S/C18H17Cl2N5OS/c1-11-16(8-21-23-17(26)7-15-10-27-12(2)22-15)18(20)25(24-11)9-13-3-5-14(19)6-4-13/h3-6,8,10H,7,9H2,1-2H3,(H,23,26). The third-order valence-electron chi connectivity index (χ3n) is 3.75. The Morgan fingerprint density at radius 2 is 2.04 bits per heavy atom. The monoisotopic (exact) mass is 421 g/mol. The molecule has 0 atom stereocenters. The van der Waals surface area contributed by atoms with Crippen LogP contribution in [-0.4, -0.2) is 26.9 Å². The van der Waals surface area contributed by atoms with Crippen LogP contribution in [0, 0.1) is 13.8 Å². The first-order chi connectivity index (χ1) is 12.9. The molecule has 9 heteroatoms. The molecule has 0 saturated heterocycles. The maximum Gasteiger partial charge on any atom is 0.246 e. The number of nitrogens with one attached hydrogen (secondary N) is 1. The van der Waals surface area contributed by atoms with E-state index >= 15 is 0 Å². The van der Waals surface area contributed by atoms with Gasteiger partial charge in [-0.25, -0.2) is 15.1 Å². The molecule has 0 bridgehead atoms. The highest BCUT2D eigenvalue weighted by Gasteiger charge is 2.12. The summed E-state index contributed by atoms with van der Waals surface area (Å²) in [6, 6.07) is 7.49. The SMILES string of the molecule is Cc1nc(CC(=O)NN=Cc2c(C)nn(Cc3ccc(Cl)cc3)c2Cl)cs1. The van der Waals surface area contributed by atoms with Crippen LogP contribution >= 0.6 is 34.5 Å². The van der Waals surface area contributed by atoms with E-state index in [-0.39, 0.29) is 12.3 Å². The van der Waals surface area contributed by atoms with Crippen molar-refractivity contribution in [1.82, 2.24) is 20.2 Å². The molecule has 3 aromatic rings. The fraction of sp³-hybridized carbons (Fsp3) is 0.222. The fourth-order valence-corrected chi connectivity index (χ4v) is 3.47. The number of thiazole rings is 1. The lowest BCUT2D eigenvalue weighted by Gasteiger charge is -2.03. The highest BCUT2D eigenvalue weighted by atomic mass is 35.5. The van der Waals surface area contributed by atoms with Gasteiger partial charge >= 0.3 is 0 Å². The maximum atomic E-state index is 11.9. The van der Waals surface area contributed by atoms with Gasteiger partial charge < -0.3 is 0 Å². The number of halogens is 2. The molecular formula is C18H17Cl2N5OS. The van der Waals surface area contributed by atoms with Gasteiger partial charge in [-0.1, -0.05) is 35.3 Å². The lowest BCUT2D eigenvalue weighted by atomic mass is 10.2. The van der Waals surface area contributed by atoms with E-state index in [1.165, 1.54) is 17.6 Å². The van der Waals surface area contributed by atoms with E-state index in [1.807, 2.05) is 43.5 Å². The lowest BCUT2D eigenvalue weighted by molar-refractivity contribution is -0.120. The molecule has 0 aliphatic heterocycles. The number of hydrogen-bond donors (Lipinski definition) is 1. The van der Waals surface area contributed by atoms with Crippen LogP contribution in [0.5, 0.6) is 0 Å². The van der Waals surface area contributed by atoms with Gasteiger partial charge in [0, 0.05) is 10.4 Å². The van der Waals surface area contributed by atoms with Crippen molar-refractivity contribution in [3.8, 4) is 0 Å². The van der Waals surface area contributed by atoms with Crippen molar-refractivity contribution >= 4 is 46.7 Å². The zero-order valence-electron chi connectivity index (χ0n) is 14.7. The average molecular weight is 422 g/mol. The highest BCUT2D eigenvalue weighted by Crippen LogP contribution is 2.20. The molecule has 1 amide bonds. The highest BCUT2D eigenvalue weighted by molar-refractivity contribution is 7.09. The van der Waals surface area contributed by atoms with Crippen molar-refractivity contribution in [2.75, 3.05) is 0 Å². The molecule has 0 aliphatic carbocycles. The maximum absolute atomic E-state index is 11.9. The first kappa shape index (κ1) is 19.5. The molecule has 0 fully saturated rings. The number of aryl methyl sites for hydroxylation is 2. The summed E-state index contributed by atoms with van der Waals surface area (Å²) in [6.45, 7) is 4.25. The molecule has 2 heterocycles.